The number of rotatable bonds is 6. The van der Waals surface area contributed by atoms with Gasteiger partial charge in [0, 0.05) is 28.6 Å². The number of hydrogen-bond donors (Lipinski definition) is 0. The maximum atomic E-state index is 5.29. The van der Waals surface area contributed by atoms with Gasteiger partial charge >= 0.3 is 0 Å². The summed E-state index contributed by atoms with van der Waals surface area (Å²) in [7, 11) is 0. The van der Waals surface area contributed by atoms with Gasteiger partial charge in [-0.25, -0.2) is 9.97 Å². The Bertz CT molecular complexity index is 5670. The predicted octanol–water partition coefficient (Wildman–Crippen LogP) is 21.8. The molecule has 0 amide bonds. The van der Waals surface area contributed by atoms with Crippen molar-refractivity contribution in [1.82, 2.24) is 19.1 Å². The minimum Gasteiger partial charge on any atom is -0.297 e. The first-order valence-corrected chi connectivity index (χ1v) is 30.8. The molecule has 2 aliphatic rings. The van der Waals surface area contributed by atoms with Gasteiger partial charge in [0.15, 0.2) is 0 Å². The lowest BCUT2D eigenvalue weighted by molar-refractivity contribution is 0.672. The number of hydrogen-bond acceptors (Lipinski definition) is 2. The Morgan fingerprint density at radius 3 is 1.26 bits per heavy atom. The zero-order valence-corrected chi connectivity index (χ0v) is 49.6. The van der Waals surface area contributed by atoms with E-state index in [1.54, 1.807) is 0 Å². The molecule has 4 nitrogen and oxygen atoms in total. The summed E-state index contributed by atoms with van der Waals surface area (Å²) < 4.78 is 4.63. The van der Waals surface area contributed by atoms with E-state index >= 15 is 0 Å². The molecule has 0 radical (unpaired) electrons. The van der Waals surface area contributed by atoms with Gasteiger partial charge in [-0.1, -0.05) is 211 Å². The molecule has 0 saturated carbocycles. The van der Waals surface area contributed by atoms with Crippen LogP contribution in [-0.4, -0.2) is 19.1 Å². The second-order valence-electron chi connectivity index (χ2n) is 25.4. The summed E-state index contributed by atoms with van der Waals surface area (Å²) in [6.07, 6.45) is 0.851. The van der Waals surface area contributed by atoms with Crippen molar-refractivity contribution >= 4 is 86.7 Å². The molecular weight excluding hydrogens is 1050 g/mol. The molecule has 16 aromatic rings. The SMILES string of the molecule is CCc1nc2ccccc2n1-c1ccc(-c2cc3c(c4ccccc24)C(C)(C)c2c-3c3ccccc3c3ccc(-c4ccc5c(c4)nc(C)n5-c4ccc(-c5cc6c(c7ccccc57)C(C)(C)c5c-6c6ccccc6c6ccccc56)cc4)cc23)cc1. The standard InChI is InChI=1S/C83H60N4/c1-7-75-85-71-30-18-19-31-73(71)87(75)54-40-34-50(35-41-54)67-47-70-77-62-26-14-9-21-56(62)60-42-36-51(44-68(60)81(77)83(5,6)79(70)64-28-16-12-24-59(64)67)52-37-43-74-72(45-52)84-48(2)86(74)53-38-32-49(33-39-53)66-46-69-76-61-25-13-8-20-55(61)57-22-10-17-29-65(57)80(76)82(3,4)78(69)63-27-15-11-23-58(63)66/h8-47H,7H2,1-6H3. The number of benzene rings is 14. The predicted molar refractivity (Wildman–Crippen MR) is 366 cm³/mol. The second kappa shape index (κ2) is 18.1. The van der Waals surface area contributed by atoms with Gasteiger partial charge in [-0.05, 0) is 216 Å². The van der Waals surface area contributed by atoms with Crippen molar-refractivity contribution in [2.75, 3.05) is 0 Å². The van der Waals surface area contributed by atoms with E-state index in [2.05, 4.69) is 293 Å². The number of nitrogens with zero attached hydrogens (tertiary/aromatic N) is 4. The third kappa shape index (κ3) is 6.90. The van der Waals surface area contributed by atoms with Crippen molar-refractivity contribution in [2.45, 2.75) is 58.8 Å². The van der Waals surface area contributed by atoms with Crippen LogP contribution in [0, 0.1) is 6.92 Å². The highest BCUT2D eigenvalue weighted by molar-refractivity contribution is 6.23. The first-order valence-electron chi connectivity index (χ1n) is 30.8. The zero-order chi connectivity index (χ0) is 58.2. The normalized spacial score (nSPS) is 13.9. The lowest BCUT2D eigenvalue weighted by Gasteiger charge is -2.26. The zero-order valence-electron chi connectivity index (χ0n) is 49.6. The highest BCUT2D eigenvalue weighted by Crippen LogP contribution is 2.60. The summed E-state index contributed by atoms with van der Waals surface area (Å²) in [5, 5.41) is 15.6. The van der Waals surface area contributed by atoms with Crippen LogP contribution in [0.1, 0.15) is 68.5 Å². The van der Waals surface area contributed by atoms with E-state index in [1.165, 1.54) is 137 Å². The van der Waals surface area contributed by atoms with Crippen LogP contribution in [0.5, 0.6) is 0 Å². The van der Waals surface area contributed by atoms with Crippen molar-refractivity contribution < 1.29 is 0 Å². The van der Waals surface area contributed by atoms with Crippen LogP contribution >= 0.6 is 0 Å². The molecule has 0 spiro atoms. The first kappa shape index (κ1) is 50.0. The Morgan fingerprint density at radius 1 is 0.310 bits per heavy atom. The minimum absolute atomic E-state index is 0.197. The molecule has 0 saturated heterocycles. The van der Waals surface area contributed by atoms with Gasteiger partial charge in [0.25, 0.3) is 0 Å². The van der Waals surface area contributed by atoms with E-state index in [4.69, 9.17) is 9.97 Å². The fourth-order valence-electron chi connectivity index (χ4n) is 16.5. The van der Waals surface area contributed by atoms with Crippen molar-refractivity contribution in [3.8, 4) is 67.0 Å². The van der Waals surface area contributed by atoms with Crippen LogP contribution in [0.3, 0.4) is 0 Å². The third-order valence-electron chi connectivity index (χ3n) is 20.1. The first-order chi connectivity index (χ1) is 42.5. The van der Waals surface area contributed by atoms with Gasteiger partial charge < -0.3 is 0 Å². The van der Waals surface area contributed by atoms with Gasteiger partial charge in [0.1, 0.15) is 11.6 Å². The van der Waals surface area contributed by atoms with E-state index < -0.39 is 0 Å². The average Bonchev–Trinajstić information content (AvgIpc) is 1.56. The largest absolute Gasteiger partial charge is 0.297 e. The van der Waals surface area contributed by atoms with Crippen LogP contribution in [0.25, 0.3) is 154 Å². The smallest absolute Gasteiger partial charge is 0.114 e. The number of para-hydroxylation sites is 2. The minimum atomic E-state index is -0.303. The van der Waals surface area contributed by atoms with Crippen molar-refractivity contribution in [3.63, 3.8) is 0 Å². The Hall–Kier alpha value is -10.4. The molecule has 2 heterocycles. The fraction of sp³-hybridized carbons (Fsp3) is 0.108. The van der Waals surface area contributed by atoms with E-state index in [0.717, 1.165) is 57.1 Å². The summed E-state index contributed by atoms with van der Waals surface area (Å²) in [6, 6.07) is 91.0. The number of aromatic nitrogens is 4. The molecule has 0 fully saturated rings. The number of imidazole rings is 2. The monoisotopic (exact) mass is 1110 g/mol. The Kier molecular flexibility index (Phi) is 10.4. The molecule has 0 bridgehead atoms. The summed E-state index contributed by atoms with van der Waals surface area (Å²) in [5.41, 5.74) is 24.2. The summed E-state index contributed by atoms with van der Waals surface area (Å²) in [4.78, 5) is 10.3. The fourth-order valence-corrected chi connectivity index (χ4v) is 16.5. The van der Waals surface area contributed by atoms with E-state index in [-0.39, 0.29) is 10.8 Å². The van der Waals surface area contributed by atoms with Gasteiger partial charge in [0.2, 0.25) is 0 Å². The maximum absolute atomic E-state index is 5.29. The Morgan fingerprint density at radius 2 is 0.713 bits per heavy atom. The van der Waals surface area contributed by atoms with Gasteiger partial charge in [-0.2, -0.15) is 0 Å². The van der Waals surface area contributed by atoms with Crippen LogP contribution in [0.2, 0.25) is 0 Å². The molecule has 14 aromatic carbocycles. The topological polar surface area (TPSA) is 35.6 Å². The van der Waals surface area contributed by atoms with Crippen LogP contribution in [-0.2, 0) is 17.3 Å². The van der Waals surface area contributed by atoms with Crippen LogP contribution in [0.15, 0.2) is 243 Å². The van der Waals surface area contributed by atoms with Gasteiger partial charge in [-0.15, -0.1) is 0 Å². The van der Waals surface area contributed by atoms with Crippen LogP contribution < -0.4 is 0 Å². The Labute approximate surface area is 505 Å². The van der Waals surface area contributed by atoms with Gasteiger partial charge in [0.05, 0.1) is 22.1 Å². The Balaban J connectivity index is 0.732. The summed E-state index contributed by atoms with van der Waals surface area (Å²) in [6.45, 7) is 14.1. The maximum Gasteiger partial charge on any atom is 0.114 e. The molecule has 0 unspecified atom stereocenters. The molecule has 2 aromatic heterocycles. The van der Waals surface area contributed by atoms with Crippen molar-refractivity contribution in [2.24, 2.45) is 0 Å². The summed E-state index contributed by atoms with van der Waals surface area (Å²) >= 11 is 0. The number of fused-ring (bicyclic) bond motifs is 22. The van der Waals surface area contributed by atoms with Crippen molar-refractivity contribution in [3.05, 3.63) is 277 Å². The number of aryl methyl sites for hydroxylation is 2. The molecule has 412 valence electrons. The molecule has 2 aliphatic carbocycles. The molecule has 0 N–H and O–H groups in total. The highest BCUT2D eigenvalue weighted by atomic mass is 15.1. The lowest BCUT2D eigenvalue weighted by Crippen LogP contribution is -2.16. The molecule has 87 heavy (non-hydrogen) atoms. The lowest BCUT2D eigenvalue weighted by atomic mass is 9.77. The van der Waals surface area contributed by atoms with Crippen LogP contribution in [0.4, 0.5) is 0 Å². The van der Waals surface area contributed by atoms with Crippen molar-refractivity contribution in [1.29, 1.82) is 0 Å². The molecule has 0 aliphatic heterocycles. The quantitative estimate of drug-likeness (QED) is 0.156. The molecule has 4 heteroatoms. The van der Waals surface area contributed by atoms with Gasteiger partial charge in [-0.3, -0.25) is 9.13 Å². The third-order valence-corrected chi connectivity index (χ3v) is 20.1. The average molecular weight is 1110 g/mol. The summed E-state index contributed by atoms with van der Waals surface area (Å²) in [5.74, 6) is 2.02. The highest BCUT2D eigenvalue weighted by Gasteiger charge is 2.42. The van der Waals surface area contributed by atoms with E-state index in [0.29, 0.717) is 0 Å². The van der Waals surface area contributed by atoms with E-state index in [9.17, 15) is 0 Å². The van der Waals surface area contributed by atoms with E-state index in [1.807, 2.05) is 0 Å². The molecule has 18 rings (SSSR count). The second-order valence-corrected chi connectivity index (χ2v) is 25.4. The molecular formula is C83H60N4. The molecule has 0 atom stereocenters.